The van der Waals surface area contributed by atoms with Crippen LogP contribution >= 0.6 is 15.9 Å². The van der Waals surface area contributed by atoms with Gasteiger partial charge in [-0.3, -0.25) is 0 Å². The average molecular weight is 289 g/mol. The van der Waals surface area contributed by atoms with Crippen LogP contribution in [0, 0.1) is 0 Å². The lowest BCUT2D eigenvalue weighted by Gasteiger charge is -2.07. The highest BCUT2D eigenvalue weighted by atomic mass is 79.9. The summed E-state index contributed by atoms with van der Waals surface area (Å²) in [7, 11) is 0. The second-order valence-corrected chi connectivity index (χ2v) is 3.95. The van der Waals surface area contributed by atoms with Crippen LogP contribution in [0.25, 0.3) is 0 Å². The SMILES string of the molecule is NC(=O)OCCNCc1cccc(Br)c1O. The fraction of sp³-hybridized carbons (Fsp3) is 0.300. The Kier molecular flexibility index (Phi) is 5.07. The molecule has 0 atom stereocenters. The van der Waals surface area contributed by atoms with Gasteiger partial charge in [-0.25, -0.2) is 4.79 Å². The first-order chi connectivity index (χ1) is 7.61. The number of benzene rings is 1. The van der Waals surface area contributed by atoms with Gasteiger partial charge in [0.25, 0.3) is 0 Å². The van der Waals surface area contributed by atoms with Crippen molar-refractivity contribution < 1.29 is 14.6 Å². The first-order valence-corrected chi connectivity index (χ1v) is 5.50. The van der Waals surface area contributed by atoms with Gasteiger partial charge in [0.2, 0.25) is 0 Å². The van der Waals surface area contributed by atoms with Crippen molar-refractivity contribution in [3.8, 4) is 5.75 Å². The fourth-order valence-electron chi connectivity index (χ4n) is 1.15. The Balaban J connectivity index is 2.32. The quantitative estimate of drug-likeness (QED) is 0.714. The van der Waals surface area contributed by atoms with Crippen molar-refractivity contribution in [2.45, 2.75) is 6.54 Å². The minimum absolute atomic E-state index is 0.212. The number of hydrogen-bond acceptors (Lipinski definition) is 4. The Labute approximate surface area is 102 Å². The molecule has 88 valence electrons. The highest BCUT2D eigenvalue weighted by Gasteiger charge is 2.03. The molecule has 0 aliphatic rings. The van der Waals surface area contributed by atoms with Crippen molar-refractivity contribution in [1.29, 1.82) is 0 Å². The third kappa shape index (κ3) is 4.08. The monoisotopic (exact) mass is 288 g/mol. The van der Waals surface area contributed by atoms with Gasteiger partial charge in [0.1, 0.15) is 12.4 Å². The van der Waals surface area contributed by atoms with E-state index < -0.39 is 6.09 Å². The van der Waals surface area contributed by atoms with Crippen molar-refractivity contribution in [3.63, 3.8) is 0 Å². The van der Waals surface area contributed by atoms with Crippen LogP contribution in [-0.4, -0.2) is 24.4 Å². The maximum atomic E-state index is 10.3. The van der Waals surface area contributed by atoms with Crippen LogP contribution in [0.2, 0.25) is 0 Å². The molecule has 0 saturated heterocycles. The molecule has 4 N–H and O–H groups in total. The molecule has 1 aromatic rings. The largest absolute Gasteiger partial charge is 0.506 e. The molecular weight excluding hydrogens is 276 g/mol. The van der Waals surface area contributed by atoms with E-state index in [4.69, 9.17) is 5.73 Å². The van der Waals surface area contributed by atoms with Crippen molar-refractivity contribution in [2.75, 3.05) is 13.2 Å². The van der Waals surface area contributed by atoms with Gasteiger partial charge in [-0.2, -0.15) is 0 Å². The molecule has 0 saturated carbocycles. The van der Waals surface area contributed by atoms with Crippen molar-refractivity contribution in [3.05, 3.63) is 28.2 Å². The normalized spacial score (nSPS) is 10.1. The van der Waals surface area contributed by atoms with Gasteiger partial charge in [0.15, 0.2) is 0 Å². The highest BCUT2D eigenvalue weighted by Crippen LogP contribution is 2.26. The molecule has 0 radical (unpaired) electrons. The molecule has 1 amide bonds. The van der Waals surface area contributed by atoms with Crippen LogP contribution in [0.5, 0.6) is 5.75 Å². The Morgan fingerprint density at radius 3 is 3.00 bits per heavy atom. The van der Waals surface area contributed by atoms with E-state index >= 15 is 0 Å². The topological polar surface area (TPSA) is 84.6 Å². The number of carbonyl (C=O) groups is 1. The summed E-state index contributed by atoms with van der Waals surface area (Å²) in [6, 6.07) is 5.40. The zero-order valence-corrected chi connectivity index (χ0v) is 10.2. The molecule has 0 unspecified atom stereocenters. The molecule has 6 heteroatoms. The lowest BCUT2D eigenvalue weighted by Crippen LogP contribution is -2.23. The van der Waals surface area contributed by atoms with Crippen LogP contribution < -0.4 is 11.1 Å². The van der Waals surface area contributed by atoms with E-state index in [2.05, 4.69) is 26.0 Å². The Morgan fingerprint density at radius 1 is 1.56 bits per heavy atom. The minimum atomic E-state index is -0.785. The maximum absolute atomic E-state index is 10.3. The predicted molar refractivity (Wildman–Crippen MR) is 63.0 cm³/mol. The number of hydrogen-bond donors (Lipinski definition) is 3. The van der Waals surface area contributed by atoms with E-state index in [1.807, 2.05) is 12.1 Å². The van der Waals surface area contributed by atoms with Crippen molar-refractivity contribution in [2.24, 2.45) is 5.73 Å². The van der Waals surface area contributed by atoms with Crippen LogP contribution in [0.1, 0.15) is 5.56 Å². The Hall–Kier alpha value is -1.27. The smallest absolute Gasteiger partial charge is 0.404 e. The molecule has 16 heavy (non-hydrogen) atoms. The summed E-state index contributed by atoms with van der Waals surface area (Å²) in [6.45, 7) is 1.19. The number of halogens is 1. The fourth-order valence-corrected chi connectivity index (χ4v) is 1.56. The second kappa shape index (κ2) is 6.34. The summed E-state index contributed by atoms with van der Waals surface area (Å²) in [5.74, 6) is 0.214. The summed E-state index contributed by atoms with van der Waals surface area (Å²) in [4.78, 5) is 10.3. The number of nitrogens with one attached hydrogen (secondary N) is 1. The van der Waals surface area contributed by atoms with Gasteiger partial charge >= 0.3 is 6.09 Å². The van der Waals surface area contributed by atoms with E-state index in [0.717, 1.165) is 5.56 Å². The third-order valence-corrected chi connectivity index (χ3v) is 2.55. The first kappa shape index (κ1) is 12.8. The van der Waals surface area contributed by atoms with Gasteiger partial charge in [0, 0.05) is 18.7 Å². The van der Waals surface area contributed by atoms with Gasteiger partial charge in [-0.15, -0.1) is 0 Å². The molecular formula is C10H13BrN2O3. The highest BCUT2D eigenvalue weighted by molar-refractivity contribution is 9.10. The summed E-state index contributed by atoms with van der Waals surface area (Å²) >= 11 is 3.22. The van der Waals surface area contributed by atoms with Crippen LogP contribution in [0.15, 0.2) is 22.7 Å². The van der Waals surface area contributed by atoms with Crippen LogP contribution in [-0.2, 0) is 11.3 Å². The molecule has 0 aliphatic heterocycles. The summed E-state index contributed by atoms with van der Waals surface area (Å²) in [5.41, 5.74) is 5.57. The number of primary amides is 1. The van der Waals surface area contributed by atoms with E-state index in [9.17, 15) is 9.90 Å². The molecule has 0 aliphatic carbocycles. The van der Waals surface area contributed by atoms with Gasteiger partial charge in [-0.05, 0) is 22.0 Å². The number of carbonyl (C=O) groups excluding carboxylic acids is 1. The van der Waals surface area contributed by atoms with Crippen molar-refractivity contribution in [1.82, 2.24) is 5.32 Å². The number of phenols is 1. The lowest BCUT2D eigenvalue weighted by molar-refractivity contribution is 0.157. The Morgan fingerprint density at radius 2 is 2.31 bits per heavy atom. The van der Waals surface area contributed by atoms with Crippen LogP contribution in [0.4, 0.5) is 4.79 Å². The van der Waals surface area contributed by atoms with E-state index in [1.165, 1.54) is 0 Å². The molecule has 0 aromatic heterocycles. The lowest BCUT2D eigenvalue weighted by atomic mass is 10.2. The third-order valence-electron chi connectivity index (χ3n) is 1.91. The summed E-state index contributed by atoms with van der Waals surface area (Å²) < 4.78 is 5.19. The molecule has 0 fully saturated rings. The number of nitrogens with two attached hydrogens (primary N) is 1. The molecule has 0 bridgehead atoms. The van der Waals surface area contributed by atoms with Gasteiger partial charge in [0.05, 0.1) is 4.47 Å². The molecule has 0 heterocycles. The number of rotatable bonds is 5. The Bertz CT molecular complexity index is 371. The first-order valence-electron chi connectivity index (χ1n) is 4.70. The number of phenolic OH excluding ortho intramolecular Hbond substituents is 1. The zero-order chi connectivity index (χ0) is 12.0. The second-order valence-electron chi connectivity index (χ2n) is 3.09. The van der Waals surface area contributed by atoms with Crippen molar-refractivity contribution >= 4 is 22.0 Å². The number of para-hydroxylation sites is 1. The minimum Gasteiger partial charge on any atom is -0.506 e. The number of ether oxygens (including phenoxy) is 1. The van der Waals surface area contributed by atoms with Gasteiger partial charge in [-0.1, -0.05) is 12.1 Å². The maximum Gasteiger partial charge on any atom is 0.404 e. The van der Waals surface area contributed by atoms with E-state index in [0.29, 0.717) is 17.6 Å². The zero-order valence-electron chi connectivity index (χ0n) is 8.57. The standard InChI is InChI=1S/C10H13BrN2O3/c11-8-3-1-2-7(9(8)14)6-13-4-5-16-10(12)15/h1-3,13-14H,4-6H2,(H2,12,15). The van der Waals surface area contributed by atoms with E-state index in [-0.39, 0.29) is 12.4 Å². The predicted octanol–water partition coefficient (Wildman–Crippen LogP) is 1.34. The number of aromatic hydroxyl groups is 1. The molecule has 1 rings (SSSR count). The molecule has 0 spiro atoms. The van der Waals surface area contributed by atoms with Crippen LogP contribution in [0.3, 0.4) is 0 Å². The van der Waals surface area contributed by atoms with Gasteiger partial charge < -0.3 is 20.9 Å². The summed E-state index contributed by atoms with van der Waals surface area (Å²) in [6.07, 6.45) is -0.785. The summed E-state index contributed by atoms with van der Waals surface area (Å²) in [5, 5.41) is 12.7. The number of amides is 1. The average Bonchev–Trinajstić information content (AvgIpc) is 2.23. The van der Waals surface area contributed by atoms with E-state index in [1.54, 1.807) is 6.07 Å². The molecule has 1 aromatic carbocycles. The molecule has 5 nitrogen and oxygen atoms in total.